The molecule has 0 spiro atoms. The summed E-state index contributed by atoms with van der Waals surface area (Å²) >= 11 is 0. The number of anilines is 1. The van der Waals surface area contributed by atoms with Gasteiger partial charge in [-0.3, -0.25) is 10.1 Å². The second-order valence-corrected chi connectivity index (χ2v) is 3.58. The quantitative estimate of drug-likeness (QED) is 0.556. The first-order chi connectivity index (χ1) is 8.19. The Morgan fingerprint density at radius 2 is 2.24 bits per heavy atom. The van der Waals surface area contributed by atoms with E-state index < -0.39 is 4.92 Å². The van der Waals surface area contributed by atoms with Crippen LogP contribution >= 0.6 is 0 Å². The topological polar surface area (TPSA) is 84.6 Å². The van der Waals surface area contributed by atoms with Crippen LogP contribution in [-0.4, -0.2) is 36.4 Å². The second-order valence-electron chi connectivity index (χ2n) is 3.58. The van der Waals surface area contributed by atoms with Gasteiger partial charge < -0.3 is 15.2 Å². The molecule has 1 rings (SSSR count). The SMILES string of the molecule is COCCC(CO)Nc1ccccc1[N+](=O)[O-]. The van der Waals surface area contributed by atoms with Gasteiger partial charge in [0.1, 0.15) is 5.69 Å². The van der Waals surface area contributed by atoms with Crippen molar-refractivity contribution in [1.82, 2.24) is 0 Å². The minimum absolute atomic E-state index is 0.00312. The fraction of sp³-hybridized carbons (Fsp3) is 0.455. The third kappa shape index (κ3) is 4.01. The summed E-state index contributed by atoms with van der Waals surface area (Å²) in [6, 6.07) is 6.10. The molecule has 0 aliphatic carbocycles. The van der Waals surface area contributed by atoms with E-state index in [-0.39, 0.29) is 18.3 Å². The van der Waals surface area contributed by atoms with E-state index in [4.69, 9.17) is 9.84 Å². The van der Waals surface area contributed by atoms with Gasteiger partial charge in [0.15, 0.2) is 0 Å². The third-order valence-electron chi connectivity index (χ3n) is 2.35. The highest BCUT2D eigenvalue weighted by Gasteiger charge is 2.15. The van der Waals surface area contributed by atoms with Gasteiger partial charge in [-0.2, -0.15) is 0 Å². The average molecular weight is 240 g/mol. The van der Waals surface area contributed by atoms with Crippen molar-refractivity contribution in [2.45, 2.75) is 12.5 Å². The first-order valence-electron chi connectivity index (χ1n) is 5.28. The molecule has 0 heterocycles. The molecule has 6 heteroatoms. The second kappa shape index (κ2) is 6.82. The fourth-order valence-electron chi connectivity index (χ4n) is 1.44. The number of nitrogens with one attached hydrogen (secondary N) is 1. The van der Waals surface area contributed by atoms with Gasteiger partial charge in [-0.1, -0.05) is 12.1 Å². The largest absolute Gasteiger partial charge is 0.394 e. The first kappa shape index (κ1) is 13.4. The fourth-order valence-corrected chi connectivity index (χ4v) is 1.44. The lowest BCUT2D eigenvalue weighted by molar-refractivity contribution is -0.384. The molecule has 1 unspecified atom stereocenters. The lowest BCUT2D eigenvalue weighted by atomic mass is 10.2. The number of methoxy groups -OCH3 is 1. The summed E-state index contributed by atoms with van der Waals surface area (Å²) in [5.41, 5.74) is 0.413. The zero-order chi connectivity index (χ0) is 12.7. The van der Waals surface area contributed by atoms with Gasteiger partial charge in [0, 0.05) is 19.8 Å². The lowest BCUT2D eigenvalue weighted by Gasteiger charge is -2.16. The van der Waals surface area contributed by atoms with Gasteiger partial charge in [0.25, 0.3) is 5.69 Å². The zero-order valence-corrected chi connectivity index (χ0v) is 9.63. The number of hydrogen-bond acceptors (Lipinski definition) is 5. The summed E-state index contributed by atoms with van der Waals surface area (Å²) < 4.78 is 4.90. The highest BCUT2D eigenvalue weighted by molar-refractivity contribution is 5.61. The predicted molar refractivity (Wildman–Crippen MR) is 64.1 cm³/mol. The number of ether oxygens (including phenoxy) is 1. The van der Waals surface area contributed by atoms with Crippen molar-refractivity contribution in [2.75, 3.05) is 25.6 Å². The van der Waals surface area contributed by atoms with Gasteiger partial charge in [-0.15, -0.1) is 0 Å². The van der Waals surface area contributed by atoms with E-state index in [9.17, 15) is 10.1 Å². The third-order valence-corrected chi connectivity index (χ3v) is 2.35. The van der Waals surface area contributed by atoms with Crippen molar-refractivity contribution in [1.29, 1.82) is 0 Å². The molecule has 1 aromatic rings. The molecule has 0 aromatic heterocycles. The van der Waals surface area contributed by atoms with Crippen LogP contribution in [0.25, 0.3) is 0 Å². The molecule has 0 radical (unpaired) electrons. The summed E-state index contributed by atoms with van der Waals surface area (Å²) in [6.07, 6.45) is 0.582. The van der Waals surface area contributed by atoms with Gasteiger partial charge >= 0.3 is 0 Å². The number of hydrogen-bond donors (Lipinski definition) is 2. The van der Waals surface area contributed by atoms with Crippen LogP contribution in [0, 0.1) is 10.1 Å². The van der Waals surface area contributed by atoms with Crippen LogP contribution in [0.1, 0.15) is 6.42 Å². The first-order valence-corrected chi connectivity index (χ1v) is 5.28. The summed E-state index contributed by atoms with van der Waals surface area (Å²) in [5.74, 6) is 0. The highest BCUT2D eigenvalue weighted by Crippen LogP contribution is 2.24. The highest BCUT2D eigenvalue weighted by atomic mass is 16.6. The number of aliphatic hydroxyl groups excluding tert-OH is 1. The smallest absolute Gasteiger partial charge is 0.292 e. The van der Waals surface area contributed by atoms with E-state index in [1.807, 2.05) is 0 Å². The van der Waals surface area contributed by atoms with E-state index in [1.165, 1.54) is 6.07 Å². The van der Waals surface area contributed by atoms with Gasteiger partial charge in [0.05, 0.1) is 17.6 Å². The van der Waals surface area contributed by atoms with E-state index in [1.54, 1.807) is 25.3 Å². The molecule has 2 N–H and O–H groups in total. The molecule has 0 aliphatic rings. The molecular weight excluding hydrogens is 224 g/mol. The molecule has 94 valence electrons. The van der Waals surface area contributed by atoms with Crippen LogP contribution < -0.4 is 5.32 Å². The average Bonchev–Trinajstić information content (AvgIpc) is 2.34. The molecule has 0 saturated heterocycles. The number of para-hydroxylation sites is 2. The van der Waals surface area contributed by atoms with Crippen molar-refractivity contribution in [3.05, 3.63) is 34.4 Å². The van der Waals surface area contributed by atoms with Crippen LogP contribution in [0.5, 0.6) is 0 Å². The summed E-state index contributed by atoms with van der Waals surface area (Å²) in [5, 5.41) is 22.9. The van der Waals surface area contributed by atoms with Crippen molar-refractivity contribution < 1.29 is 14.8 Å². The van der Waals surface area contributed by atoms with Crippen molar-refractivity contribution in [3.8, 4) is 0 Å². The molecule has 6 nitrogen and oxygen atoms in total. The van der Waals surface area contributed by atoms with Crippen LogP contribution in [0.2, 0.25) is 0 Å². The number of rotatable bonds is 7. The van der Waals surface area contributed by atoms with Crippen LogP contribution in [0.3, 0.4) is 0 Å². The van der Waals surface area contributed by atoms with E-state index in [0.29, 0.717) is 18.7 Å². The number of nitro benzene ring substituents is 1. The van der Waals surface area contributed by atoms with Crippen LogP contribution in [0.15, 0.2) is 24.3 Å². The molecule has 0 fully saturated rings. The molecule has 0 saturated carbocycles. The number of benzene rings is 1. The maximum Gasteiger partial charge on any atom is 0.292 e. The Balaban J connectivity index is 2.75. The Morgan fingerprint density at radius 1 is 1.53 bits per heavy atom. The van der Waals surface area contributed by atoms with Crippen LogP contribution in [0.4, 0.5) is 11.4 Å². The Kier molecular flexibility index (Phi) is 5.38. The molecule has 1 atom stereocenters. The molecular formula is C11H16N2O4. The number of nitrogens with zero attached hydrogens (tertiary/aromatic N) is 1. The van der Waals surface area contributed by atoms with Crippen molar-refractivity contribution >= 4 is 11.4 Å². The summed E-state index contributed by atoms with van der Waals surface area (Å²) in [7, 11) is 1.57. The number of aliphatic hydroxyl groups is 1. The van der Waals surface area contributed by atoms with Gasteiger partial charge in [-0.05, 0) is 12.5 Å². The Bertz CT molecular complexity index is 370. The van der Waals surface area contributed by atoms with Crippen molar-refractivity contribution in [2.24, 2.45) is 0 Å². The van der Waals surface area contributed by atoms with Crippen LogP contribution in [-0.2, 0) is 4.74 Å². The molecule has 17 heavy (non-hydrogen) atoms. The Labute approximate surface area is 99.4 Å². The Morgan fingerprint density at radius 3 is 2.82 bits per heavy atom. The number of nitro groups is 1. The van der Waals surface area contributed by atoms with Gasteiger partial charge in [0.2, 0.25) is 0 Å². The molecule has 0 aliphatic heterocycles. The molecule has 0 bridgehead atoms. The molecule has 0 amide bonds. The summed E-state index contributed by atoms with van der Waals surface area (Å²) in [4.78, 5) is 10.3. The van der Waals surface area contributed by atoms with E-state index in [2.05, 4.69) is 5.32 Å². The standard InChI is InChI=1S/C11H16N2O4/c1-17-7-6-9(8-14)12-10-4-2-3-5-11(10)13(15)16/h2-5,9,12,14H,6-8H2,1H3. The predicted octanol–water partition coefficient (Wildman–Crippen LogP) is 1.40. The van der Waals surface area contributed by atoms with Crippen molar-refractivity contribution in [3.63, 3.8) is 0 Å². The normalized spacial score (nSPS) is 12.1. The lowest BCUT2D eigenvalue weighted by Crippen LogP contribution is -2.25. The maximum atomic E-state index is 10.8. The molecule has 1 aromatic carbocycles. The maximum absolute atomic E-state index is 10.8. The summed E-state index contributed by atoms with van der Waals surface area (Å²) in [6.45, 7) is 0.383. The monoisotopic (exact) mass is 240 g/mol. The van der Waals surface area contributed by atoms with Gasteiger partial charge in [-0.25, -0.2) is 0 Å². The minimum Gasteiger partial charge on any atom is -0.394 e. The van der Waals surface area contributed by atoms with E-state index >= 15 is 0 Å². The Hall–Kier alpha value is -1.66. The van der Waals surface area contributed by atoms with E-state index in [0.717, 1.165) is 0 Å². The zero-order valence-electron chi connectivity index (χ0n) is 9.63. The minimum atomic E-state index is -0.451.